The van der Waals surface area contributed by atoms with Gasteiger partial charge >= 0.3 is 6.03 Å². The van der Waals surface area contributed by atoms with E-state index in [1.54, 1.807) is 13.2 Å². The highest BCUT2D eigenvalue weighted by atomic mass is 79.9. The van der Waals surface area contributed by atoms with Gasteiger partial charge in [0.2, 0.25) is 5.91 Å². The van der Waals surface area contributed by atoms with Crippen LogP contribution < -0.4 is 16.0 Å². The van der Waals surface area contributed by atoms with Gasteiger partial charge in [0, 0.05) is 31.5 Å². The van der Waals surface area contributed by atoms with Gasteiger partial charge in [0.15, 0.2) is 0 Å². The second-order valence-electron chi connectivity index (χ2n) is 8.04. The zero-order valence-electron chi connectivity index (χ0n) is 17.8. The summed E-state index contributed by atoms with van der Waals surface area (Å²) < 4.78 is 19.5. The molecule has 1 fully saturated rings. The number of carbonyl (C=O) groups excluding carboxylic acids is 2. The van der Waals surface area contributed by atoms with E-state index in [-0.39, 0.29) is 18.6 Å². The molecule has 0 aliphatic carbocycles. The summed E-state index contributed by atoms with van der Waals surface area (Å²) in [6.07, 6.45) is 2.01. The third-order valence-corrected chi connectivity index (χ3v) is 6.59. The van der Waals surface area contributed by atoms with E-state index >= 15 is 0 Å². The normalized spacial score (nSPS) is 20.4. The molecule has 2 atom stereocenters. The first-order valence-electron chi connectivity index (χ1n) is 10.6. The zero-order valence-corrected chi connectivity index (χ0v) is 19.4. The van der Waals surface area contributed by atoms with Crippen molar-refractivity contribution in [3.05, 3.63) is 57.8 Å². The van der Waals surface area contributed by atoms with E-state index in [4.69, 9.17) is 4.74 Å². The summed E-state index contributed by atoms with van der Waals surface area (Å²) in [5, 5.41) is 9.02. The largest absolute Gasteiger partial charge is 0.380 e. The van der Waals surface area contributed by atoms with Crippen molar-refractivity contribution in [2.75, 3.05) is 37.4 Å². The number of nitrogens with zero attached hydrogens (tertiary/aromatic N) is 1. The van der Waals surface area contributed by atoms with Gasteiger partial charge in [-0.1, -0.05) is 6.07 Å². The number of halogens is 2. The molecule has 4 rings (SSSR count). The van der Waals surface area contributed by atoms with Crippen LogP contribution in [0.1, 0.15) is 17.5 Å². The number of likely N-dealkylation sites (tertiary alicyclic amines) is 1. The van der Waals surface area contributed by atoms with Crippen molar-refractivity contribution in [1.29, 1.82) is 0 Å². The van der Waals surface area contributed by atoms with Crippen LogP contribution in [-0.4, -0.2) is 55.7 Å². The minimum Gasteiger partial charge on any atom is -0.380 e. The molecule has 170 valence electrons. The Kier molecular flexibility index (Phi) is 7.07. The molecule has 3 N–H and O–H groups in total. The van der Waals surface area contributed by atoms with Crippen molar-refractivity contribution in [3.8, 4) is 0 Å². The van der Waals surface area contributed by atoms with Gasteiger partial charge in [0.05, 0.1) is 10.6 Å². The number of nitrogens with one attached hydrogen (secondary N) is 3. The third-order valence-electron chi connectivity index (χ3n) is 5.95. The molecule has 0 radical (unpaired) electrons. The van der Waals surface area contributed by atoms with E-state index in [0.717, 1.165) is 25.9 Å². The Balaban J connectivity index is 1.47. The van der Waals surface area contributed by atoms with Gasteiger partial charge in [-0.05, 0) is 83.3 Å². The molecule has 7 nitrogen and oxygen atoms in total. The molecule has 2 heterocycles. The average Bonchev–Trinajstić information content (AvgIpc) is 3.09. The van der Waals surface area contributed by atoms with Crippen LogP contribution in [0, 0.1) is 5.82 Å². The van der Waals surface area contributed by atoms with E-state index in [9.17, 15) is 14.0 Å². The first-order valence-corrected chi connectivity index (χ1v) is 11.4. The van der Waals surface area contributed by atoms with E-state index in [2.05, 4.69) is 37.9 Å². The van der Waals surface area contributed by atoms with Crippen LogP contribution in [-0.2, 0) is 22.4 Å². The lowest BCUT2D eigenvalue weighted by Gasteiger charge is -2.24. The van der Waals surface area contributed by atoms with Crippen LogP contribution >= 0.6 is 15.9 Å². The van der Waals surface area contributed by atoms with Gasteiger partial charge in [0.1, 0.15) is 11.9 Å². The van der Waals surface area contributed by atoms with E-state index in [0.29, 0.717) is 22.3 Å². The van der Waals surface area contributed by atoms with Gasteiger partial charge < -0.3 is 25.6 Å². The molecule has 0 spiro atoms. The summed E-state index contributed by atoms with van der Waals surface area (Å²) in [4.78, 5) is 27.5. The summed E-state index contributed by atoms with van der Waals surface area (Å²) in [6.45, 7) is 2.13. The highest BCUT2D eigenvalue weighted by molar-refractivity contribution is 9.10. The lowest BCUT2D eigenvalue weighted by Crippen LogP contribution is -2.45. The predicted octanol–water partition coefficient (Wildman–Crippen LogP) is 3.54. The molecule has 0 saturated carbocycles. The summed E-state index contributed by atoms with van der Waals surface area (Å²) in [5.41, 5.74) is 3.54. The Hall–Kier alpha value is -2.49. The third kappa shape index (κ3) is 5.11. The van der Waals surface area contributed by atoms with E-state index in [1.807, 2.05) is 12.1 Å². The van der Waals surface area contributed by atoms with Gasteiger partial charge in [-0.25, -0.2) is 9.18 Å². The summed E-state index contributed by atoms with van der Waals surface area (Å²) in [6, 6.07) is 9.14. The Labute approximate surface area is 194 Å². The Bertz CT molecular complexity index is 1020. The van der Waals surface area contributed by atoms with Crippen molar-refractivity contribution in [2.24, 2.45) is 0 Å². The lowest BCUT2D eigenvalue weighted by atomic mass is 10.0. The molecular formula is C23H26BrFN4O3. The predicted molar refractivity (Wildman–Crippen MR) is 124 cm³/mol. The number of rotatable bonds is 4. The first kappa shape index (κ1) is 22.7. The van der Waals surface area contributed by atoms with Gasteiger partial charge in [0.25, 0.3) is 0 Å². The number of benzene rings is 2. The first-order chi connectivity index (χ1) is 15.4. The van der Waals surface area contributed by atoms with Crippen molar-refractivity contribution in [2.45, 2.75) is 31.4 Å². The quantitative estimate of drug-likeness (QED) is 0.594. The van der Waals surface area contributed by atoms with Crippen LogP contribution in [0.3, 0.4) is 0 Å². The number of ether oxygens (including phenoxy) is 1. The maximum Gasteiger partial charge on any atom is 0.322 e. The van der Waals surface area contributed by atoms with Gasteiger partial charge in [-0.15, -0.1) is 0 Å². The minimum absolute atomic E-state index is 0.253. The van der Waals surface area contributed by atoms with Crippen molar-refractivity contribution >= 4 is 39.2 Å². The Morgan fingerprint density at radius 3 is 2.56 bits per heavy atom. The number of fused-ring (bicyclic) bond motifs is 1. The summed E-state index contributed by atoms with van der Waals surface area (Å²) in [7, 11) is 1.56. The summed E-state index contributed by atoms with van der Waals surface area (Å²) >= 11 is 3.10. The monoisotopic (exact) mass is 504 g/mol. The second-order valence-corrected chi connectivity index (χ2v) is 8.90. The number of methoxy groups -OCH3 is 1. The fraction of sp³-hybridized carbons (Fsp3) is 0.391. The van der Waals surface area contributed by atoms with Crippen LogP contribution in [0.15, 0.2) is 40.9 Å². The Morgan fingerprint density at radius 1 is 1.09 bits per heavy atom. The van der Waals surface area contributed by atoms with Crippen LogP contribution in [0.25, 0.3) is 0 Å². The fourth-order valence-electron chi connectivity index (χ4n) is 4.19. The smallest absolute Gasteiger partial charge is 0.322 e. The van der Waals surface area contributed by atoms with Crippen molar-refractivity contribution < 1.29 is 18.7 Å². The molecule has 0 bridgehead atoms. The topological polar surface area (TPSA) is 82.7 Å². The van der Waals surface area contributed by atoms with Crippen LogP contribution in [0.2, 0.25) is 0 Å². The molecule has 0 aromatic heterocycles. The molecule has 2 aromatic carbocycles. The molecule has 2 aliphatic rings. The van der Waals surface area contributed by atoms with Crippen molar-refractivity contribution in [3.63, 3.8) is 0 Å². The Morgan fingerprint density at radius 2 is 1.81 bits per heavy atom. The molecule has 1 saturated heterocycles. The number of urea groups is 1. The standard InChI is InChI=1S/C23H26BrFN4O3/c1-32-18-12-21(29(13-18)23(31)28-17-4-5-19(24)20(25)11-17)22(30)27-16-3-2-14-6-8-26-9-7-15(14)10-16/h2-5,10-11,18,21,26H,6-9,12-13H2,1H3,(H,27,30)(H,28,31). The maximum atomic E-state index is 13.8. The van der Waals surface area contributed by atoms with Crippen LogP contribution in [0.5, 0.6) is 0 Å². The highest BCUT2D eigenvalue weighted by Crippen LogP contribution is 2.25. The maximum absolute atomic E-state index is 13.8. The highest BCUT2D eigenvalue weighted by Gasteiger charge is 2.40. The molecule has 2 unspecified atom stereocenters. The second kappa shape index (κ2) is 9.97. The average molecular weight is 505 g/mol. The van der Waals surface area contributed by atoms with E-state index in [1.165, 1.54) is 28.2 Å². The molecule has 9 heteroatoms. The lowest BCUT2D eigenvalue weighted by molar-refractivity contribution is -0.119. The van der Waals surface area contributed by atoms with Gasteiger partial charge in [-0.3, -0.25) is 4.79 Å². The molecular weight excluding hydrogens is 479 g/mol. The number of anilines is 2. The molecule has 32 heavy (non-hydrogen) atoms. The molecule has 2 aromatic rings. The summed E-state index contributed by atoms with van der Waals surface area (Å²) in [5.74, 6) is -0.750. The number of hydrogen-bond donors (Lipinski definition) is 3. The SMILES string of the molecule is COC1CC(C(=O)Nc2ccc3c(c2)CCNCC3)N(C(=O)Nc2ccc(Br)c(F)c2)C1. The minimum atomic E-state index is -0.694. The molecule has 2 aliphatic heterocycles. The molecule has 3 amide bonds. The zero-order chi connectivity index (χ0) is 22.7. The number of carbonyl (C=O) groups is 2. The van der Waals surface area contributed by atoms with Gasteiger partial charge in [-0.2, -0.15) is 0 Å². The fourth-order valence-corrected chi connectivity index (χ4v) is 4.43. The van der Waals surface area contributed by atoms with Crippen molar-refractivity contribution in [1.82, 2.24) is 10.2 Å². The number of hydrogen-bond acceptors (Lipinski definition) is 4. The van der Waals surface area contributed by atoms with Crippen LogP contribution in [0.4, 0.5) is 20.6 Å². The number of amides is 3. The van der Waals surface area contributed by atoms with E-state index < -0.39 is 17.9 Å².